The first-order valence-corrected chi connectivity index (χ1v) is 7.02. The normalized spacial score (nSPS) is 18.3. The van der Waals surface area contributed by atoms with Crippen molar-refractivity contribution in [2.24, 2.45) is 0 Å². The number of thiophene rings is 1. The van der Waals surface area contributed by atoms with Crippen LogP contribution in [0.3, 0.4) is 0 Å². The fourth-order valence-corrected chi connectivity index (χ4v) is 3.37. The zero-order valence-electron chi connectivity index (χ0n) is 9.84. The van der Waals surface area contributed by atoms with Gasteiger partial charge in [0.25, 0.3) is 0 Å². The number of aromatic nitrogens is 2. The number of carboxylic acids is 1. The Morgan fingerprint density at radius 2 is 2.32 bits per heavy atom. The molecule has 0 radical (unpaired) electrons. The van der Waals surface area contributed by atoms with Gasteiger partial charge in [-0.05, 0) is 18.6 Å². The zero-order chi connectivity index (χ0) is 13.6. The van der Waals surface area contributed by atoms with Crippen LogP contribution in [-0.4, -0.2) is 31.8 Å². The number of carbonyl (C=O) groups is 1. The standard InChI is InChI=1S/C12H11ClN2O3S/c13-9-2-1-8(19-9)11-14-10(12(17)18)7-5-6(16)3-4-15(7)11/h1-2,6,16H,3-5H2,(H,17,18). The van der Waals surface area contributed by atoms with Gasteiger partial charge in [0.15, 0.2) is 11.5 Å². The van der Waals surface area contributed by atoms with Gasteiger partial charge in [0.05, 0.1) is 21.0 Å². The van der Waals surface area contributed by atoms with E-state index < -0.39 is 12.1 Å². The quantitative estimate of drug-likeness (QED) is 0.892. The van der Waals surface area contributed by atoms with Crippen molar-refractivity contribution in [2.45, 2.75) is 25.5 Å². The smallest absolute Gasteiger partial charge is 0.356 e. The number of nitrogens with zero attached hydrogens (tertiary/aromatic N) is 2. The summed E-state index contributed by atoms with van der Waals surface area (Å²) in [6.45, 7) is 0.571. The summed E-state index contributed by atoms with van der Waals surface area (Å²) in [6.07, 6.45) is 0.435. The van der Waals surface area contributed by atoms with E-state index in [1.807, 2.05) is 10.6 Å². The molecule has 0 aliphatic carbocycles. The lowest BCUT2D eigenvalue weighted by Gasteiger charge is -2.21. The predicted octanol–water partition coefficient (Wildman–Crippen LogP) is 2.27. The lowest BCUT2D eigenvalue weighted by molar-refractivity contribution is 0.0687. The Labute approximate surface area is 118 Å². The number of aromatic carboxylic acids is 1. The third-order valence-electron chi connectivity index (χ3n) is 3.18. The summed E-state index contributed by atoms with van der Waals surface area (Å²) in [7, 11) is 0. The molecule has 0 bridgehead atoms. The lowest BCUT2D eigenvalue weighted by atomic mass is 10.1. The van der Waals surface area contributed by atoms with E-state index in [0.29, 0.717) is 35.2 Å². The van der Waals surface area contributed by atoms with Crippen molar-refractivity contribution in [2.75, 3.05) is 0 Å². The molecule has 19 heavy (non-hydrogen) atoms. The second-order valence-electron chi connectivity index (χ2n) is 4.44. The van der Waals surface area contributed by atoms with Gasteiger partial charge in [0.1, 0.15) is 0 Å². The molecule has 3 heterocycles. The maximum atomic E-state index is 11.2. The molecule has 1 aliphatic rings. The summed E-state index contributed by atoms with van der Waals surface area (Å²) in [5, 5.41) is 18.9. The maximum Gasteiger partial charge on any atom is 0.356 e. The molecule has 0 amide bonds. The van der Waals surface area contributed by atoms with Crippen molar-refractivity contribution in [3.63, 3.8) is 0 Å². The number of hydrogen-bond acceptors (Lipinski definition) is 4. The fourth-order valence-electron chi connectivity index (χ4n) is 2.33. The van der Waals surface area contributed by atoms with Gasteiger partial charge >= 0.3 is 5.97 Å². The van der Waals surface area contributed by atoms with E-state index in [0.717, 1.165) is 4.88 Å². The van der Waals surface area contributed by atoms with E-state index in [9.17, 15) is 15.0 Å². The molecular weight excluding hydrogens is 288 g/mol. The summed E-state index contributed by atoms with van der Waals surface area (Å²) >= 11 is 7.28. The van der Waals surface area contributed by atoms with Crippen molar-refractivity contribution < 1.29 is 15.0 Å². The summed E-state index contributed by atoms with van der Waals surface area (Å²) in [5.74, 6) is -0.442. The monoisotopic (exact) mass is 298 g/mol. The average Bonchev–Trinajstić information content (AvgIpc) is 2.92. The Hall–Kier alpha value is -1.37. The van der Waals surface area contributed by atoms with E-state index in [4.69, 9.17) is 11.6 Å². The maximum absolute atomic E-state index is 11.2. The van der Waals surface area contributed by atoms with Crippen molar-refractivity contribution >= 4 is 28.9 Å². The lowest BCUT2D eigenvalue weighted by Crippen LogP contribution is -2.24. The summed E-state index contributed by atoms with van der Waals surface area (Å²) in [4.78, 5) is 16.3. The number of rotatable bonds is 2. The summed E-state index contributed by atoms with van der Waals surface area (Å²) < 4.78 is 2.51. The Bertz CT molecular complexity index is 649. The van der Waals surface area contributed by atoms with Crippen molar-refractivity contribution in [1.82, 2.24) is 9.55 Å². The molecule has 0 spiro atoms. The molecular formula is C12H11ClN2O3S. The topological polar surface area (TPSA) is 75.3 Å². The van der Waals surface area contributed by atoms with E-state index in [-0.39, 0.29) is 5.69 Å². The molecule has 0 saturated carbocycles. The summed E-state index contributed by atoms with van der Waals surface area (Å²) in [6, 6.07) is 3.60. The second kappa shape index (κ2) is 4.63. The minimum absolute atomic E-state index is 0.0262. The van der Waals surface area contributed by atoms with Crippen LogP contribution in [0.25, 0.3) is 10.7 Å². The van der Waals surface area contributed by atoms with Gasteiger partial charge in [-0.15, -0.1) is 11.3 Å². The van der Waals surface area contributed by atoms with Crippen molar-refractivity contribution in [3.05, 3.63) is 27.9 Å². The van der Waals surface area contributed by atoms with E-state index >= 15 is 0 Å². The first kappa shape index (κ1) is 12.7. The van der Waals surface area contributed by atoms with Crippen LogP contribution in [-0.2, 0) is 13.0 Å². The largest absolute Gasteiger partial charge is 0.476 e. The van der Waals surface area contributed by atoms with Gasteiger partial charge in [-0.3, -0.25) is 0 Å². The number of carboxylic acid groups (broad SMARTS) is 1. The average molecular weight is 299 g/mol. The van der Waals surface area contributed by atoms with Crippen LogP contribution >= 0.6 is 22.9 Å². The zero-order valence-corrected chi connectivity index (χ0v) is 11.4. The Morgan fingerprint density at radius 1 is 1.53 bits per heavy atom. The van der Waals surface area contributed by atoms with Crippen LogP contribution in [0.1, 0.15) is 22.6 Å². The number of imidazole rings is 1. The van der Waals surface area contributed by atoms with Crippen LogP contribution in [0.4, 0.5) is 0 Å². The van der Waals surface area contributed by atoms with Crippen molar-refractivity contribution in [3.8, 4) is 10.7 Å². The number of aliphatic hydroxyl groups excluding tert-OH is 1. The molecule has 5 nitrogen and oxygen atoms in total. The number of aliphatic hydroxyl groups is 1. The molecule has 1 atom stereocenters. The molecule has 7 heteroatoms. The van der Waals surface area contributed by atoms with Crippen LogP contribution in [0, 0.1) is 0 Å². The number of hydrogen-bond donors (Lipinski definition) is 2. The van der Waals surface area contributed by atoms with Gasteiger partial charge in [0.2, 0.25) is 0 Å². The fraction of sp³-hybridized carbons (Fsp3) is 0.333. The van der Waals surface area contributed by atoms with E-state index in [1.165, 1.54) is 11.3 Å². The highest BCUT2D eigenvalue weighted by atomic mass is 35.5. The molecule has 1 unspecified atom stereocenters. The van der Waals surface area contributed by atoms with Crippen LogP contribution in [0.2, 0.25) is 4.34 Å². The van der Waals surface area contributed by atoms with Gasteiger partial charge in [-0.25, -0.2) is 9.78 Å². The van der Waals surface area contributed by atoms with Gasteiger partial charge in [0, 0.05) is 13.0 Å². The highest BCUT2D eigenvalue weighted by Crippen LogP contribution is 2.33. The first-order valence-electron chi connectivity index (χ1n) is 5.82. The SMILES string of the molecule is O=C(O)c1nc(-c2ccc(Cl)s2)n2c1CC(O)CC2. The predicted molar refractivity (Wildman–Crippen MR) is 71.8 cm³/mol. The summed E-state index contributed by atoms with van der Waals surface area (Å²) in [5.41, 5.74) is 0.615. The Morgan fingerprint density at radius 3 is 2.95 bits per heavy atom. The number of fused-ring (bicyclic) bond motifs is 1. The molecule has 0 aromatic carbocycles. The minimum atomic E-state index is -1.06. The first-order chi connectivity index (χ1) is 9.06. The highest BCUT2D eigenvalue weighted by molar-refractivity contribution is 7.19. The van der Waals surface area contributed by atoms with E-state index in [1.54, 1.807) is 6.07 Å². The van der Waals surface area contributed by atoms with Crippen LogP contribution < -0.4 is 0 Å². The molecule has 2 aromatic rings. The van der Waals surface area contributed by atoms with Gasteiger partial charge < -0.3 is 14.8 Å². The third-order valence-corrected chi connectivity index (χ3v) is 4.41. The highest BCUT2D eigenvalue weighted by Gasteiger charge is 2.28. The molecule has 2 aromatic heterocycles. The Balaban J connectivity index is 2.16. The van der Waals surface area contributed by atoms with Gasteiger partial charge in [-0.1, -0.05) is 11.6 Å². The van der Waals surface area contributed by atoms with E-state index in [2.05, 4.69) is 4.98 Å². The molecule has 3 rings (SSSR count). The Kier molecular flexibility index (Phi) is 3.08. The second-order valence-corrected chi connectivity index (χ2v) is 6.15. The molecule has 2 N–H and O–H groups in total. The van der Waals surface area contributed by atoms with Crippen LogP contribution in [0.5, 0.6) is 0 Å². The number of halogens is 1. The van der Waals surface area contributed by atoms with Gasteiger partial charge in [-0.2, -0.15) is 0 Å². The van der Waals surface area contributed by atoms with Crippen LogP contribution in [0.15, 0.2) is 12.1 Å². The molecule has 0 fully saturated rings. The third kappa shape index (κ3) is 2.16. The minimum Gasteiger partial charge on any atom is -0.476 e. The molecule has 1 aliphatic heterocycles. The molecule has 100 valence electrons. The molecule has 0 saturated heterocycles. The van der Waals surface area contributed by atoms with Crippen molar-refractivity contribution in [1.29, 1.82) is 0 Å².